The van der Waals surface area contributed by atoms with Crippen LogP contribution in [0.15, 0.2) is 24.3 Å². The number of carbonyl (C=O) groups is 1. The average Bonchev–Trinajstić information content (AvgIpc) is 2.94. The van der Waals surface area contributed by atoms with Crippen LogP contribution in [0.1, 0.15) is 26.2 Å². The first-order chi connectivity index (χ1) is 10.5. The van der Waals surface area contributed by atoms with Crippen LogP contribution in [0.2, 0.25) is 0 Å². The maximum absolute atomic E-state index is 12.8. The minimum atomic E-state index is -0.925. The SMILES string of the molecule is CC(C#C[C@H]1CC[C@@H](Oc2ccc(F)cc2)C1)N(O)C(N)=O. The van der Waals surface area contributed by atoms with E-state index in [1.807, 2.05) is 0 Å². The highest BCUT2D eigenvalue weighted by Crippen LogP contribution is 2.28. The number of benzene rings is 1. The molecule has 1 saturated carbocycles. The number of halogens is 1. The van der Waals surface area contributed by atoms with Gasteiger partial charge in [0.2, 0.25) is 0 Å². The Bertz CT molecular complexity index is 579. The number of amides is 2. The van der Waals surface area contributed by atoms with Gasteiger partial charge in [0.1, 0.15) is 17.6 Å². The molecule has 118 valence electrons. The van der Waals surface area contributed by atoms with E-state index >= 15 is 0 Å². The summed E-state index contributed by atoms with van der Waals surface area (Å²) >= 11 is 0. The van der Waals surface area contributed by atoms with Crippen molar-refractivity contribution in [2.75, 3.05) is 0 Å². The van der Waals surface area contributed by atoms with Crippen molar-refractivity contribution in [2.45, 2.75) is 38.3 Å². The molecule has 2 amide bonds. The molecule has 0 heterocycles. The van der Waals surface area contributed by atoms with E-state index in [0.717, 1.165) is 19.3 Å². The Morgan fingerprint density at radius 2 is 2.14 bits per heavy atom. The topological polar surface area (TPSA) is 75.8 Å². The fraction of sp³-hybridized carbons (Fsp3) is 0.438. The minimum absolute atomic E-state index is 0.0430. The summed E-state index contributed by atoms with van der Waals surface area (Å²) in [7, 11) is 0. The number of ether oxygens (including phenoxy) is 1. The van der Waals surface area contributed by atoms with E-state index in [4.69, 9.17) is 10.5 Å². The van der Waals surface area contributed by atoms with Crippen molar-refractivity contribution in [3.8, 4) is 17.6 Å². The quantitative estimate of drug-likeness (QED) is 0.512. The van der Waals surface area contributed by atoms with Crippen molar-refractivity contribution < 1.29 is 19.1 Å². The van der Waals surface area contributed by atoms with Crippen molar-refractivity contribution in [1.29, 1.82) is 0 Å². The van der Waals surface area contributed by atoms with E-state index in [9.17, 15) is 14.4 Å². The molecule has 0 radical (unpaired) electrons. The number of nitrogens with zero attached hydrogens (tertiary/aromatic N) is 1. The second-order valence-corrected chi connectivity index (χ2v) is 5.35. The third-order valence-corrected chi connectivity index (χ3v) is 3.59. The van der Waals surface area contributed by atoms with Gasteiger partial charge in [-0.15, -0.1) is 0 Å². The van der Waals surface area contributed by atoms with Gasteiger partial charge in [0.25, 0.3) is 0 Å². The fourth-order valence-corrected chi connectivity index (χ4v) is 2.37. The van der Waals surface area contributed by atoms with Crippen LogP contribution in [0, 0.1) is 23.6 Å². The molecule has 0 spiro atoms. The number of nitrogens with two attached hydrogens (primary N) is 1. The van der Waals surface area contributed by atoms with E-state index in [1.165, 1.54) is 12.1 Å². The summed E-state index contributed by atoms with van der Waals surface area (Å²) in [5.74, 6) is 6.36. The molecule has 1 aliphatic carbocycles. The number of hydrogen-bond acceptors (Lipinski definition) is 3. The van der Waals surface area contributed by atoms with E-state index in [-0.39, 0.29) is 17.8 Å². The van der Waals surface area contributed by atoms with Crippen molar-refractivity contribution >= 4 is 6.03 Å². The van der Waals surface area contributed by atoms with Gasteiger partial charge in [-0.2, -0.15) is 5.06 Å². The third-order valence-electron chi connectivity index (χ3n) is 3.59. The molecule has 3 N–H and O–H groups in total. The van der Waals surface area contributed by atoms with Crippen molar-refractivity contribution in [2.24, 2.45) is 11.7 Å². The van der Waals surface area contributed by atoms with E-state index < -0.39 is 12.1 Å². The van der Waals surface area contributed by atoms with Gasteiger partial charge in [-0.05, 0) is 50.5 Å². The van der Waals surface area contributed by atoms with E-state index in [1.54, 1.807) is 19.1 Å². The summed E-state index contributed by atoms with van der Waals surface area (Å²) in [4.78, 5) is 10.8. The van der Waals surface area contributed by atoms with Crippen LogP contribution in [0.3, 0.4) is 0 Å². The number of hydrogen-bond donors (Lipinski definition) is 2. The standard InChI is InChI=1S/C16H19FN2O3/c1-11(19(21)16(18)20)2-3-12-4-7-15(10-12)22-14-8-5-13(17)6-9-14/h5-6,8-9,11-12,15,21H,4,7,10H2,1H3,(H2,18,20)/t11?,12-,15+/m0/s1. The Balaban J connectivity index is 1.85. The minimum Gasteiger partial charge on any atom is -0.490 e. The molecule has 1 aromatic carbocycles. The molecule has 22 heavy (non-hydrogen) atoms. The fourth-order valence-electron chi connectivity index (χ4n) is 2.37. The molecule has 0 saturated heterocycles. The first-order valence-electron chi connectivity index (χ1n) is 7.16. The average molecular weight is 306 g/mol. The predicted molar refractivity (Wildman–Crippen MR) is 78.6 cm³/mol. The second kappa shape index (κ2) is 7.14. The van der Waals surface area contributed by atoms with Gasteiger partial charge in [0.15, 0.2) is 0 Å². The predicted octanol–water partition coefficient (Wildman–Crippen LogP) is 2.54. The molecule has 1 unspecified atom stereocenters. The highest BCUT2D eigenvalue weighted by atomic mass is 19.1. The number of primary amides is 1. The van der Waals surface area contributed by atoms with Crippen LogP contribution >= 0.6 is 0 Å². The summed E-state index contributed by atoms with van der Waals surface area (Å²) in [5.41, 5.74) is 4.96. The normalized spacial score (nSPS) is 21.6. The van der Waals surface area contributed by atoms with Gasteiger partial charge in [-0.3, -0.25) is 5.21 Å². The zero-order valence-electron chi connectivity index (χ0n) is 12.3. The van der Waals surface area contributed by atoms with Crippen LogP contribution in [0.4, 0.5) is 9.18 Å². The van der Waals surface area contributed by atoms with Crippen LogP contribution in [0.25, 0.3) is 0 Å². The maximum Gasteiger partial charge on any atom is 0.339 e. The molecule has 1 aromatic rings. The Morgan fingerprint density at radius 1 is 1.45 bits per heavy atom. The summed E-state index contributed by atoms with van der Waals surface area (Å²) < 4.78 is 18.6. The maximum atomic E-state index is 12.8. The molecule has 1 fully saturated rings. The summed E-state index contributed by atoms with van der Waals surface area (Å²) in [5, 5.41) is 9.75. The molecule has 0 bridgehead atoms. The van der Waals surface area contributed by atoms with E-state index in [0.29, 0.717) is 10.8 Å². The van der Waals surface area contributed by atoms with Crippen LogP contribution < -0.4 is 10.5 Å². The van der Waals surface area contributed by atoms with Crippen LogP contribution in [0.5, 0.6) is 5.75 Å². The summed E-state index contributed by atoms with van der Waals surface area (Å²) in [6.07, 6.45) is 2.55. The lowest BCUT2D eigenvalue weighted by Crippen LogP contribution is -2.38. The van der Waals surface area contributed by atoms with Crippen molar-refractivity contribution in [1.82, 2.24) is 5.06 Å². The molecular weight excluding hydrogens is 287 g/mol. The smallest absolute Gasteiger partial charge is 0.339 e. The van der Waals surface area contributed by atoms with Gasteiger partial charge >= 0.3 is 6.03 Å². The number of hydroxylamine groups is 2. The molecule has 1 aliphatic rings. The third kappa shape index (κ3) is 4.37. The first-order valence-corrected chi connectivity index (χ1v) is 7.16. The van der Waals surface area contributed by atoms with Gasteiger partial charge in [0, 0.05) is 5.92 Å². The number of urea groups is 1. The van der Waals surface area contributed by atoms with Crippen molar-refractivity contribution in [3.63, 3.8) is 0 Å². The monoisotopic (exact) mass is 306 g/mol. The van der Waals surface area contributed by atoms with Crippen LogP contribution in [-0.2, 0) is 0 Å². The van der Waals surface area contributed by atoms with E-state index in [2.05, 4.69) is 11.8 Å². The molecule has 5 nitrogen and oxygen atoms in total. The molecule has 6 heteroatoms. The van der Waals surface area contributed by atoms with Gasteiger partial charge < -0.3 is 10.5 Å². The molecule has 0 aromatic heterocycles. The van der Waals surface area contributed by atoms with Gasteiger partial charge in [-0.25, -0.2) is 9.18 Å². The Hall–Kier alpha value is -2.26. The Kier molecular flexibility index (Phi) is 5.23. The lowest BCUT2D eigenvalue weighted by Gasteiger charge is -2.15. The van der Waals surface area contributed by atoms with Gasteiger partial charge in [0.05, 0.1) is 6.10 Å². The lowest BCUT2D eigenvalue weighted by molar-refractivity contribution is -0.0537. The molecule has 3 atom stereocenters. The molecule has 2 rings (SSSR count). The summed E-state index contributed by atoms with van der Waals surface area (Å²) in [6, 6.07) is 4.37. The highest BCUT2D eigenvalue weighted by molar-refractivity contribution is 5.71. The number of rotatable bonds is 3. The number of carbonyl (C=O) groups excluding carboxylic acids is 1. The molecule has 0 aliphatic heterocycles. The first kappa shape index (κ1) is 16.1. The molecular formula is C16H19FN2O3. The zero-order valence-corrected chi connectivity index (χ0v) is 12.3. The van der Waals surface area contributed by atoms with Gasteiger partial charge in [-0.1, -0.05) is 11.8 Å². The lowest BCUT2D eigenvalue weighted by atomic mass is 10.1. The largest absolute Gasteiger partial charge is 0.490 e. The zero-order chi connectivity index (χ0) is 16.1. The Labute approximate surface area is 128 Å². The van der Waals surface area contributed by atoms with Crippen LogP contribution in [-0.4, -0.2) is 28.4 Å². The summed E-state index contributed by atoms with van der Waals surface area (Å²) in [6.45, 7) is 1.60. The Morgan fingerprint density at radius 3 is 2.77 bits per heavy atom. The highest BCUT2D eigenvalue weighted by Gasteiger charge is 2.25. The van der Waals surface area contributed by atoms with Crippen molar-refractivity contribution in [3.05, 3.63) is 30.1 Å². The second-order valence-electron chi connectivity index (χ2n) is 5.35.